The molecule has 1 N–H and O–H groups in total. The molecule has 1 atom stereocenters. The smallest absolute Gasteiger partial charge is 0.276 e. The van der Waals surface area contributed by atoms with E-state index in [1.807, 2.05) is 13.8 Å². The van der Waals surface area contributed by atoms with E-state index in [9.17, 15) is 4.79 Å². The number of aryl methyl sites for hydroxylation is 2. The zero-order valence-corrected chi connectivity index (χ0v) is 12.7. The van der Waals surface area contributed by atoms with Gasteiger partial charge >= 0.3 is 0 Å². The Morgan fingerprint density at radius 3 is 3.05 bits per heavy atom. The maximum Gasteiger partial charge on any atom is 0.276 e. The molecule has 8 heteroatoms. The second-order valence-corrected chi connectivity index (χ2v) is 5.08. The Labute approximate surface area is 127 Å². The van der Waals surface area contributed by atoms with Crippen LogP contribution in [0, 0.1) is 0 Å². The van der Waals surface area contributed by atoms with Crippen LogP contribution in [0.2, 0.25) is 0 Å². The van der Waals surface area contributed by atoms with Gasteiger partial charge in [0.1, 0.15) is 17.7 Å². The fourth-order valence-electron chi connectivity index (χ4n) is 2.45. The van der Waals surface area contributed by atoms with Gasteiger partial charge in [0, 0.05) is 19.4 Å². The van der Waals surface area contributed by atoms with E-state index < -0.39 is 0 Å². The number of morpholine rings is 1. The van der Waals surface area contributed by atoms with Crippen LogP contribution in [0.25, 0.3) is 0 Å². The minimum atomic E-state index is -0.314. The van der Waals surface area contributed by atoms with E-state index >= 15 is 0 Å². The summed E-state index contributed by atoms with van der Waals surface area (Å²) in [6, 6.07) is 0. The molecule has 0 aromatic carbocycles. The van der Waals surface area contributed by atoms with E-state index in [2.05, 4.69) is 20.2 Å². The van der Waals surface area contributed by atoms with Crippen molar-refractivity contribution in [1.82, 2.24) is 25.1 Å². The third kappa shape index (κ3) is 2.74. The van der Waals surface area contributed by atoms with Crippen LogP contribution >= 0.6 is 0 Å². The van der Waals surface area contributed by atoms with Crippen molar-refractivity contribution >= 4 is 5.91 Å². The van der Waals surface area contributed by atoms with Crippen molar-refractivity contribution in [3.05, 3.63) is 29.5 Å². The van der Waals surface area contributed by atoms with Crippen LogP contribution in [0.3, 0.4) is 0 Å². The lowest BCUT2D eigenvalue weighted by molar-refractivity contribution is -0.0269. The van der Waals surface area contributed by atoms with Crippen molar-refractivity contribution < 1.29 is 13.9 Å². The number of nitrogens with one attached hydrogen (secondary N) is 1. The first-order valence-electron chi connectivity index (χ1n) is 7.47. The van der Waals surface area contributed by atoms with E-state index in [1.165, 1.54) is 6.39 Å². The molecule has 3 heterocycles. The summed E-state index contributed by atoms with van der Waals surface area (Å²) in [6.45, 7) is 5.32. The summed E-state index contributed by atoms with van der Waals surface area (Å²) in [5.41, 5.74) is 0.382. The van der Waals surface area contributed by atoms with Gasteiger partial charge in [-0.3, -0.25) is 9.89 Å². The first kappa shape index (κ1) is 14.7. The van der Waals surface area contributed by atoms with Gasteiger partial charge in [0.25, 0.3) is 5.91 Å². The lowest BCUT2D eigenvalue weighted by atomic mass is 10.2. The van der Waals surface area contributed by atoms with Gasteiger partial charge in [-0.2, -0.15) is 5.10 Å². The van der Waals surface area contributed by atoms with Crippen molar-refractivity contribution in [2.24, 2.45) is 0 Å². The van der Waals surface area contributed by atoms with Gasteiger partial charge in [0.05, 0.1) is 13.2 Å². The Hall–Kier alpha value is -2.22. The number of nitrogens with zero attached hydrogens (tertiary/aromatic N) is 4. The number of amides is 1. The van der Waals surface area contributed by atoms with Gasteiger partial charge in [-0.25, -0.2) is 9.97 Å². The number of H-pyrrole nitrogens is 1. The topological polar surface area (TPSA) is 97.1 Å². The second kappa shape index (κ2) is 6.27. The molecule has 22 heavy (non-hydrogen) atoms. The van der Waals surface area contributed by atoms with Crippen molar-refractivity contribution in [3.63, 3.8) is 0 Å². The number of rotatable bonds is 4. The SMILES string of the molecule is CCc1nc([C@@H]2CN(C(=O)c3ncoc3CC)CCO2)n[nH]1. The zero-order valence-electron chi connectivity index (χ0n) is 12.7. The molecule has 0 radical (unpaired) electrons. The molecule has 1 aliphatic rings. The normalized spacial score (nSPS) is 18.6. The number of hydrogen-bond acceptors (Lipinski definition) is 6. The number of ether oxygens (including phenoxy) is 1. The van der Waals surface area contributed by atoms with Crippen molar-refractivity contribution in [1.29, 1.82) is 0 Å². The standard InChI is InChI=1S/C14H19N5O3/c1-3-9-12(15-8-22-9)14(20)19-5-6-21-10(7-19)13-16-11(4-2)17-18-13/h8,10H,3-7H2,1-2H3,(H,16,17,18)/t10-/m0/s1. The Morgan fingerprint density at radius 1 is 1.45 bits per heavy atom. The summed E-state index contributed by atoms with van der Waals surface area (Å²) < 4.78 is 10.9. The highest BCUT2D eigenvalue weighted by Crippen LogP contribution is 2.21. The quantitative estimate of drug-likeness (QED) is 0.909. The predicted octanol–water partition coefficient (Wildman–Crippen LogP) is 1.13. The first-order chi connectivity index (χ1) is 10.7. The Morgan fingerprint density at radius 2 is 2.32 bits per heavy atom. The summed E-state index contributed by atoms with van der Waals surface area (Å²) in [7, 11) is 0. The molecule has 0 aliphatic carbocycles. The largest absolute Gasteiger partial charge is 0.448 e. The number of carbonyl (C=O) groups excluding carboxylic acids is 1. The fourth-order valence-corrected chi connectivity index (χ4v) is 2.45. The summed E-state index contributed by atoms with van der Waals surface area (Å²) in [5.74, 6) is 1.88. The third-order valence-electron chi connectivity index (χ3n) is 3.69. The number of aromatic nitrogens is 4. The Bertz CT molecular complexity index is 650. The summed E-state index contributed by atoms with van der Waals surface area (Å²) >= 11 is 0. The lowest BCUT2D eigenvalue weighted by Crippen LogP contribution is -2.43. The number of carbonyl (C=O) groups is 1. The summed E-state index contributed by atoms with van der Waals surface area (Å²) in [4.78, 5) is 22.7. The van der Waals surface area contributed by atoms with Crippen LogP contribution in [-0.4, -0.2) is 50.7 Å². The molecule has 1 aliphatic heterocycles. The van der Waals surface area contributed by atoms with E-state index in [0.717, 1.165) is 12.2 Å². The second-order valence-electron chi connectivity index (χ2n) is 5.08. The highest BCUT2D eigenvalue weighted by Gasteiger charge is 2.30. The highest BCUT2D eigenvalue weighted by molar-refractivity contribution is 5.93. The van der Waals surface area contributed by atoms with E-state index in [1.54, 1.807) is 4.90 Å². The molecule has 1 fully saturated rings. The molecule has 0 spiro atoms. The summed E-state index contributed by atoms with van der Waals surface area (Å²) in [5, 5.41) is 7.04. The molecule has 0 unspecified atom stereocenters. The predicted molar refractivity (Wildman–Crippen MR) is 76.2 cm³/mol. The van der Waals surface area contributed by atoms with Gasteiger partial charge in [0.15, 0.2) is 17.9 Å². The maximum atomic E-state index is 12.6. The van der Waals surface area contributed by atoms with Crippen LogP contribution in [-0.2, 0) is 17.6 Å². The van der Waals surface area contributed by atoms with E-state index in [4.69, 9.17) is 9.15 Å². The molecular formula is C14H19N5O3. The minimum Gasteiger partial charge on any atom is -0.448 e. The van der Waals surface area contributed by atoms with Crippen LogP contribution in [0.1, 0.15) is 47.8 Å². The molecule has 0 bridgehead atoms. The molecule has 0 saturated carbocycles. The summed E-state index contributed by atoms with van der Waals surface area (Å²) in [6.07, 6.45) is 2.41. The van der Waals surface area contributed by atoms with Gasteiger partial charge in [-0.15, -0.1) is 0 Å². The van der Waals surface area contributed by atoms with E-state index in [0.29, 0.717) is 43.4 Å². The van der Waals surface area contributed by atoms with Crippen molar-refractivity contribution in [2.45, 2.75) is 32.8 Å². The highest BCUT2D eigenvalue weighted by atomic mass is 16.5. The average molecular weight is 305 g/mol. The van der Waals surface area contributed by atoms with Crippen LogP contribution in [0.5, 0.6) is 0 Å². The Kier molecular flexibility index (Phi) is 4.19. The molecule has 3 rings (SSSR count). The van der Waals surface area contributed by atoms with Crippen molar-refractivity contribution in [2.75, 3.05) is 19.7 Å². The van der Waals surface area contributed by atoms with Crippen molar-refractivity contribution in [3.8, 4) is 0 Å². The van der Waals surface area contributed by atoms with Gasteiger partial charge in [-0.05, 0) is 0 Å². The molecule has 2 aromatic heterocycles. The number of oxazole rings is 1. The molecular weight excluding hydrogens is 286 g/mol. The van der Waals surface area contributed by atoms with Gasteiger partial charge in [-0.1, -0.05) is 13.8 Å². The molecule has 2 aromatic rings. The monoisotopic (exact) mass is 305 g/mol. The third-order valence-corrected chi connectivity index (χ3v) is 3.69. The van der Waals surface area contributed by atoms with Gasteiger partial charge < -0.3 is 14.1 Å². The maximum absolute atomic E-state index is 12.6. The first-order valence-corrected chi connectivity index (χ1v) is 7.47. The van der Waals surface area contributed by atoms with E-state index in [-0.39, 0.29) is 12.0 Å². The van der Waals surface area contributed by atoms with Gasteiger partial charge in [0.2, 0.25) is 0 Å². The number of aromatic amines is 1. The molecule has 118 valence electrons. The molecule has 8 nitrogen and oxygen atoms in total. The lowest BCUT2D eigenvalue weighted by Gasteiger charge is -2.31. The van der Waals surface area contributed by atoms with Crippen LogP contribution in [0.4, 0.5) is 0 Å². The minimum absolute atomic E-state index is 0.134. The average Bonchev–Trinajstić information content (AvgIpc) is 3.23. The zero-order chi connectivity index (χ0) is 15.5. The Balaban J connectivity index is 1.74. The number of hydrogen-bond donors (Lipinski definition) is 1. The van der Waals surface area contributed by atoms with Crippen LogP contribution in [0.15, 0.2) is 10.8 Å². The molecule has 1 amide bonds. The fraction of sp³-hybridized carbons (Fsp3) is 0.571. The van der Waals surface area contributed by atoms with Crippen LogP contribution < -0.4 is 0 Å². The molecule has 1 saturated heterocycles.